The molecule has 0 fully saturated rings. The molecule has 4 heterocycles. The van der Waals surface area contributed by atoms with E-state index in [0.29, 0.717) is 51.2 Å². The molecule has 0 radical (unpaired) electrons. The highest BCUT2D eigenvalue weighted by atomic mass is 32.1. The molecule has 0 N–H and O–H groups in total. The third-order valence-electron chi connectivity index (χ3n) is 5.87. The average Bonchev–Trinajstić information content (AvgIpc) is 3.42. The molecule has 180 valence electrons. The van der Waals surface area contributed by atoms with Gasteiger partial charge in [-0.1, -0.05) is 6.07 Å². The van der Waals surface area contributed by atoms with E-state index in [0.717, 1.165) is 16.9 Å². The van der Waals surface area contributed by atoms with Crippen LogP contribution in [0.15, 0.2) is 40.8 Å². The van der Waals surface area contributed by atoms with Crippen molar-refractivity contribution in [2.24, 2.45) is 7.05 Å². The zero-order valence-electron chi connectivity index (χ0n) is 19.4. The number of aryl methyl sites for hydroxylation is 2. The summed E-state index contributed by atoms with van der Waals surface area (Å²) in [6.07, 6.45) is 5.92. The Morgan fingerprint density at radius 1 is 1.24 bits per heavy atom. The zero-order valence-corrected chi connectivity index (χ0v) is 20.2. The summed E-state index contributed by atoms with van der Waals surface area (Å²) in [5.41, 5.74) is 1.65. The molecule has 10 heteroatoms. The van der Waals surface area contributed by atoms with Gasteiger partial charge in [0, 0.05) is 55.9 Å². The standard InChI is InChI=1S/C24H28N4O5S/c1-26-16-17(15-25-26)5-3-11-33-20-14-22(30)28-10-9-27(21(29)13-18-6-4-12-34-18)8-7-19(28)23(20)24(31)32-2/h4,6,12,14-16H,3,5,7-11,13H2,1-2H3. The number of rotatable bonds is 8. The van der Waals surface area contributed by atoms with Crippen LogP contribution in [0.25, 0.3) is 0 Å². The Balaban J connectivity index is 1.50. The minimum atomic E-state index is -0.552. The van der Waals surface area contributed by atoms with Crippen LogP contribution in [-0.2, 0) is 42.4 Å². The van der Waals surface area contributed by atoms with Gasteiger partial charge in [-0.25, -0.2) is 4.79 Å². The molecule has 3 aromatic rings. The van der Waals surface area contributed by atoms with Crippen molar-refractivity contribution in [2.75, 3.05) is 26.8 Å². The maximum absolute atomic E-state index is 12.9. The molecular formula is C24H28N4O5S. The van der Waals surface area contributed by atoms with Gasteiger partial charge >= 0.3 is 5.97 Å². The number of amides is 1. The summed E-state index contributed by atoms with van der Waals surface area (Å²) >= 11 is 1.55. The lowest BCUT2D eigenvalue weighted by molar-refractivity contribution is -0.130. The number of thiophene rings is 1. The van der Waals surface area contributed by atoms with E-state index in [1.807, 2.05) is 30.8 Å². The van der Waals surface area contributed by atoms with E-state index < -0.39 is 5.97 Å². The van der Waals surface area contributed by atoms with Gasteiger partial charge in [0.25, 0.3) is 5.56 Å². The molecule has 34 heavy (non-hydrogen) atoms. The van der Waals surface area contributed by atoms with Crippen molar-refractivity contribution in [3.05, 3.63) is 68.0 Å². The summed E-state index contributed by atoms with van der Waals surface area (Å²) in [6, 6.07) is 5.21. The first kappa shape index (κ1) is 23.7. The molecule has 0 spiro atoms. The zero-order chi connectivity index (χ0) is 24.1. The fourth-order valence-electron chi connectivity index (χ4n) is 4.17. The highest BCUT2D eigenvalue weighted by molar-refractivity contribution is 7.10. The molecule has 3 aromatic heterocycles. The topological polar surface area (TPSA) is 95.7 Å². The highest BCUT2D eigenvalue weighted by Gasteiger charge is 2.27. The van der Waals surface area contributed by atoms with Gasteiger partial charge in [0.15, 0.2) is 0 Å². The van der Waals surface area contributed by atoms with Crippen LogP contribution in [0.2, 0.25) is 0 Å². The summed E-state index contributed by atoms with van der Waals surface area (Å²) in [4.78, 5) is 41.2. The fraction of sp³-hybridized carbons (Fsp3) is 0.417. The van der Waals surface area contributed by atoms with Gasteiger partial charge in [-0.05, 0) is 29.9 Å². The smallest absolute Gasteiger partial charge is 0.343 e. The van der Waals surface area contributed by atoms with Gasteiger partial charge in [-0.15, -0.1) is 11.3 Å². The molecule has 0 aliphatic carbocycles. The number of ether oxygens (including phenoxy) is 2. The lowest BCUT2D eigenvalue weighted by atomic mass is 10.1. The van der Waals surface area contributed by atoms with Crippen LogP contribution in [0.5, 0.6) is 5.75 Å². The molecule has 0 saturated carbocycles. The first-order chi connectivity index (χ1) is 16.5. The second kappa shape index (κ2) is 10.7. The minimum Gasteiger partial charge on any atom is -0.492 e. The Bertz CT molecular complexity index is 1210. The van der Waals surface area contributed by atoms with Crippen LogP contribution in [-0.4, -0.2) is 57.9 Å². The molecule has 1 amide bonds. The van der Waals surface area contributed by atoms with Crippen molar-refractivity contribution in [2.45, 2.75) is 32.2 Å². The molecule has 0 bridgehead atoms. The van der Waals surface area contributed by atoms with Crippen molar-refractivity contribution in [1.29, 1.82) is 0 Å². The van der Waals surface area contributed by atoms with Gasteiger partial charge < -0.3 is 18.9 Å². The van der Waals surface area contributed by atoms with Crippen LogP contribution in [0.3, 0.4) is 0 Å². The normalized spacial score (nSPS) is 13.3. The monoisotopic (exact) mass is 484 g/mol. The summed E-state index contributed by atoms with van der Waals surface area (Å²) in [6.45, 7) is 1.48. The Labute approximate surface area is 201 Å². The van der Waals surface area contributed by atoms with E-state index in [1.54, 1.807) is 31.7 Å². The van der Waals surface area contributed by atoms with Crippen molar-refractivity contribution in [3.63, 3.8) is 0 Å². The number of nitrogens with zero attached hydrogens (tertiary/aromatic N) is 4. The van der Waals surface area contributed by atoms with Crippen molar-refractivity contribution in [1.82, 2.24) is 19.2 Å². The van der Waals surface area contributed by atoms with E-state index in [9.17, 15) is 14.4 Å². The number of hydrogen-bond acceptors (Lipinski definition) is 7. The first-order valence-corrected chi connectivity index (χ1v) is 12.1. The first-order valence-electron chi connectivity index (χ1n) is 11.2. The molecule has 0 atom stereocenters. The van der Waals surface area contributed by atoms with Crippen molar-refractivity contribution in [3.8, 4) is 5.75 Å². The summed E-state index contributed by atoms with van der Waals surface area (Å²) < 4.78 is 14.2. The summed E-state index contributed by atoms with van der Waals surface area (Å²) in [5, 5.41) is 6.10. The SMILES string of the molecule is COC(=O)c1c(OCCCc2cnn(C)c2)cc(=O)n2c1CCN(C(=O)Cc1cccs1)CC2. The molecule has 0 saturated heterocycles. The number of pyridine rings is 1. The molecule has 1 aliphatic rings. The lowest BCUT2D eigenvalue weighted by Crippen LogP contribution is -2.35. The predicted molar refractivity (Wildman–Crippen MR) is 127 cm³/mol. The van der Waals surface area contributed by atoms with Crippen LogP contribution >= 0.6 is 11.3 Å². The number of hydrogen-bond donors (Lipinski definition) is 0. The van der Waals surface area contributed by atoms with Crippen LogP contribution in [0.1, 0.15) is 32.9 Å². The van der Waals surface area contributed by atoms with E-state index >= 15 is 0 Å². The Hall–Kier alpha value is -3.40. The van der Waals surface area contributed by atoms with Crippen LogP contribution < -0.4 is 10.3 Å². The van der Waals surface area contributed by atoms with Gasteiger partial charge in [0.1, 0.15) is 11.3 Å². The third-order valence-corrected chi connectivity index (χ3v) is 6.74. The molecule has 1 aliphatic heterocycles. The van der Waals surface area contributed by atoms with E-state index in [2.05, 4.69) is 5.10 Å². The number of methoxy groups -OCH3 is 1. The Morgan fingerprint density at radius 2 is 2.09 bits per heavy atom. The van der Waals surface area contributed by atoms with E-state index in [1.165, 1.54) is 13.2 Å². The average molecular weight is 485 g/mol. The maximum atomic E-state index is 12.9. The Morgan fingerprint density at radius 3 is 2.79 bits per heavy atom. The second-order valence-corrected chi connectivity index (χ2v) is 9.21. The summed E-state index contributed by atoms with van der Waals surface area (Å²) in [5.74, 6) is -0.313. The number of fused-ring (bicyclic) bond motifs is 1. The molecular weight excluding hydrogens is 456 g/mol. The van der Waals surface area contributed by atoms with Crippen molar-refractivity contribution >= 4 is 23.2 Å². The number of carbonyl (C=O) groups is 2. The fourth-order valence-corrected chi connectivity index (χ4v) is 4.86. The number of esters is 1. The lowest BCUT2D eigenvalue weighted by Gasteiger charge is -2.19. The minimum absolute atomic E-state index is 0.00907. The molecule has 4 rings (SSSR count). The van der Waals surface area contributed by atoms with Crippen LogP contribution in [0.4, 0.5) is 0 Å². The summed E-state index contributed by atoms with van der Waals surface area (Å²) in [7, 11) is 3.17. The van der Waals surface area contributed by atoms with Crippen molar-refractivity contribution < 1.29 is 19.1 Å². The highest BCUT2D eigenvalue weighted by Crippen LogP contribution is 2.24. The molecule has 9 nitrogen and oxygen atoms in total. The van der Waals surface area contributed by atoms with Gasteiger partial charge in [-0.3, -0.25) is 14.3 Å². The Kier molecular flexibility index (Phi) is 7.46. The number of aromatic nitrogens is 3. The number of carbonyl (C=O) groups excluding carboxylic acids is 2. The van der Waals surface area contributed by atoms with Gasteiger partial charge in [0.2, 0.25) is 5.91 Å². The largest absolute Gasteiger partial charge is 0.492 e. The predicted octanol–water partition coefficient (Wildman–Crippen LogP) is 2.07. The van der Waals surface area contributed by atoms with Gasteiger partial charge in [0.05, 0.1) is 26.3 Å². The third kappa shape index (κ3) is 5.39. The molecule has 0 unspecified atom stereocenters. The van der Waals surface area contributed by atoms with E-state index in [4.69, 9.17) is 9.47 Å². The quantitative estimate of drug-likeness (QED) is 0.359. The molecule has 0 aromatic carbocycles. The van der Waals surface area contributed by atoms with Gasteiger partial charge in [-0.2, -0.15) is 5.10 Å². The maximum Gasteiger partial charge on any atom is 0.343 e. The second-order valence-electron chi connectivity index (χ2n) is 8.17. The van der Waals surface area contributed by atoms with E-state index in [-0.39, 0.29) is 22.8 Å². The van der Waals surface area contributed by atoms with Crippen LogP contribution in [0, 0.1) is 0 Å².